The van der Waals surface area contributed by atoms with Gasteiger partial charge in [-0.15, -0.1) is 0 Å². The Bertz CT molecular complexity index is 1260. The monoisotopic (exact) mass is 479 g/mol. The molecule has 0 aliphatic carbocycles. The van der Waals surface area contributed by atoms with Crippen LogP contribution in [-0.4, -0.2) is 72.2 Å². The van der Waals surface area contributed by atoms with Crippen LogP contribution >= 0.6 is 0 Å². The van der Waals surface area contributed by atoms with Crippen molar-refractivity contribution in [2.24, 2.45) is 7.05 Å². The Labute approximate surface area is 203 Å². The molecule has 0 unspecified atom stereocenters. The van der Waals surface area contributed by atoms with Gasteiger partial charge in [-0.1, -0.05) is 0 Å². The lowest BCUT2D eigenvalue weighted by atomic mass is 10.2. The first-order valence-corrected chi connectivity index (χ1v) is 11.1. The molecule has 0 amide bonds. The predicted molar refractivity (Wildman–Crippen MR) is 132 cm³/mol. The van der Waals surface area contributed by atoms with Gasteiger partial charge in [0.1, 0.15) is 11.5 Å². The van der Waals surface area contributed by atoms with Gasteiger partial charge in [0, 0.05) is 62.0 Å². The molecule has 10 nitrogen and oxygen atoms in total. The van der Waals surface area contributed by atoms with E-state index in [9.17, 15) is 5.11 Å². The van der Waals surface area contributed by atoms with Crippen molar-refractivity contribution in [3.8, 4) is 22.8 Å². The van der Waals surface area contributed by atoms with Crippen molar-refractivity contribution in [1.29, 1.82) is 0 Å². The molecular weight excluding hydrogens is 450 g/mol. The first-order chi connectivity index (χ1) is 17.1. The summed E-state index contributed by atoms with van der Waals surface area (Å²) in [6, 6.07) is 11.4. The molecule has 4 aromatic rings. The highest BCUT2D eigenvalue weighted by Gasteiger charge is 2.14. The summed E-state index contributed by atoms with van der Waals surface area (Å²) < 4.78 is 23.4. The summed E-state index contributed by atoms with van der Waals surface area (Å²) in [5.74, 6) is 1.20. The first kappa shape index (κ1) is 24.4. The van der Waals surface area contributed by atoms with Gasteiger partial charge in [-0.05, 0) is 18.2 Å². The number of aromatic nitrogens is 4. The number of ether oxygens (including phenoxy) is 4. The molecule has 0 bridgehead atoms. The number of nitrogens with zero attached hydrogens (tertiary/aromatic N) is 5. The van der Waals surface area contributed by atoms with Crippen LogP contribution in [0.3, 0.4) is 0 Å². The summed E-state index contributed by atoms with van der Waals surface area (Å²) in [6.45, 7) is 1.32. The second-order valence-corrected chi connectivity index (χ2v) is 7.74. The second kappa shape index (κ2) is 11.6. The molecule has 10 heteroatoms. The van der Waals surface area contributed by atoms with Gasteiger partial charge in [0.2, 0.25) is 0 Å². The third-order valence-corrected chi connectivity index (χ3v) is 5.31. The number of fused-ring (bicyclic) bond motifs is 1. The van der Waals surface area contributed by atoms with Crippen LogP contribution in [0.2, 0.25) is 0 Å². The quantitative estimate of drug-likeness (QED) is 0.242. The number of aryl methyl sites for hydroxylation is 1. The van der Waals surface area contributed by atoms with E-state index in [0.29, 0.717) is 31.3 Å². The van der Waals surface area contributed by atoms with Gasteiger partial charge in [-0.2, -0.15) is 5.10 Å². The third kappa shape index (κ3) is 6.04. The number of rotatable bonds is 12. The van der Waals surface area contributed by atoms with Gasteiger partial charge >= 0.3 is 0 Å². The molecule has 0 fully saturated rings. The Morgan fingerprint density at radius 1 is 0.971 bits per heavy atom. The zero-order valence-corrected chi connectivity index (χ0v) is 20.0. The molecule has 0 saturated heterocycles. The van der Waals surface area contributed by atoms with Crippen molar-refractivity contribution < 1.29 is 24.1 Å². The molecule has 0 atom stereocenters. The van der Waals surface area contributed by atoms with Gasteiger partial charge in [-0.3, -0.25) is 9.67 Å². The minimum Gasteiger partial charge on any atom is -0.497 e. The highest BCUT2D eigenvalue weighted by molar-refractivity contribution is 5.82. The molecular formula is C25H29N5O5. The third-order valence-electron chi connectivity index (χ3n) is 5.31. The number of aliphatic hydroxyl groups excluding tert-OH is 1. The van der Waals surface area contributed by atoms with Crippen LogP contribution in [0.5, 0.6) is 11.5 Å². The van der Waals surface area contributed by atoms with Gasteiger partial charge < -0.3 is 29.0 Å². The minimum atomic E-state index is -0.0486. The maximum atomic E-state index is 9.81. The summed E-state index contributed by atoms with van der Waals surface area (Å²) in [6.07, 6.45) is 5.40. The van der Waals surface area contributed by atoms with E-state index in [4.69, 9.17) is 23.9 Å². The average Bonchev–Trinajstić information content (AvgIpc) is 3.32. The number of benzene rings is 2. The molecule has 184 valence electrons. The van der Waals surface area contributed by atoms with Crippen molar-refractivity contribution in [3.05, 3.63) is 55.0 Å². The van der Waals surface area contributed by atoms with E-state index in [1.807, 2.05) is 48.5 Å². The van der Waals surface area contributed by atoms with E-state index in [-0.39, 0.29) is 13.4 Å². The van der Waals surface area contributed by atoms with Gasteiger partial charge in [0.05, 0.1) is 56.1 Å². The molecule has 0 spiro atoms. The fourth-order valence-corrected chi connectivity index (χ4v) is 3.59. The molecule has 0 aliphatic heterocycles. The Morgan fingerprint density at radius 3 is 2.57 bits per heavy atom. The Hall–Kier alpha value is -3.73. The summed E-state index contributed by atoms with van der Waals surface area (Å²) in [4.78, 5) is 11.3. The van der Waals surface area contributed by atoms with Crippen molar-refractivity contribution >= 4 is 22.4 Å². The van der Waals surface area contributed by atoms with Crippen LogP contribution in [0.15, 0.2) is 55.0 Å². The van der Waals surface area contributed by atoms with E-state index in [0.717, 1.165) is 33.7 Å². The summed E-state index contributed by atoms with van der Waals surface area (Å²) in [5, 5.41) is 14.0. The van der Waals surface area contributed by atoms with Crippen LogP contribution in [0.25, 0.3) is 22.3 Å². The number of anilines is 2. The van der Waals surface area contributed by atoms with Crippen LogP contribution in [-0.2, 0) is 16.5 Å². The van der Waals surface area contributed by atoms with Crippen molar-refractivity contribution in [3.63, 3.8) is 0 Å². The zero-order chi connectivity index (χ0) is 24.6. The van der Waals surface area contributed by atoms with E-state index >= 15 is 0 Å². The Morgan fingerprint density at radius 2 is 1.83 bits per heavy atom. The molecule has 2 aromatic carbocycles. The first-order valence-electron chi connectivity index (χ1n) is 11.1. The topological polar surface area (TPSA) is 104 Å². The fourth-order valence-electron chi connectivity index (χ4n) is 3.59. The maximum absolute atomic E-state index is 9.81. The maximum Gasteiger partial charge on any atom is 0.189 e. The van der Waals surface area contributed by atoms with Crippen molar-refractivity contribution in [2.45, 2.75) is 0 Å². The van der Waals surface area contributed by atoms with Gasteiger partial charge in [0.25, 0.3) is 0 Å². The van der Waals surface area contributed by atoms with Gasteiger partial charge in [0.15, 0.2) is 6.79 Å². The van der Waals surface area contributed by atoms with Crippen LogP contribution in [0, 0.1) is 0 Å². The predicted octanol–water partition coefficient (Wildman–Crippen LogP) is 3.17. The highest BCUT2D eigenvalue weighted by atomic mass is 16.7. The number of hydrogen-bond acceptors (Lipinski definition) is 9. The molecule has 4 rings (SSSR count). The average molecular weight is 480 g/mol. The van der Waals surface area contributed by atoms with E-state index < -0.39 is 0 Å². The van der Waals surface area contributed by atoms with Crippen LogP contribution < -0.4 is 14.4 Å². The number of aliphatic hydroxyl groups is 1. The molecule has 1 N–H and O–H groups in total. The largest absolute Gasteiger partial charge is 0.497 e. The molecule has 2 aromatic heterocycles. The fraction of sp³-hybridized carbons (Fsp3) is 0.320. The lowest BCUT2D eigenvalue weighted by Crippen LogP contribution is -2.21. The lowest BCUT2D eigenvalue weighted by molar-refractivity contribution is -0.00851. The van der Waals surface area contributed by atoms with E-state index in [2.05, 4.69) is 10.1 Å². The van der Waals surface area contributed by atoms with Crippen molar-refractivity contribution in [2.75, 3.05) is 52.3 Å². The number of methoxy groups -OCH3 is 2. The van der Waals surface area contributed by atoms with Crippen molar-refractivity contribution in [1.82, 2.24) is 19.7 Å². The second-order valence-electron chi connectivity index (χ2n) is 7.74. The van der Waals surface area contributed by atoms with Crippen LogP contribution in [0.4, 0.5) is 11.4 Å². The van der Waals surface area contributed by atoms with Gasteiger partial charge in [-0.25, -0.2) is 4.98 Å². The summed E-state index contributed by atoms with van der Waals surface area (Å²) in [5.41, 5.74) is 4.77. The molecule has 0 radical (unpaired) electrons. The minimum absolute atomic E-state index is 0.0486. The van der Waals surface area contributed by atoms with Crippen LogP contribution in [0.1, 0.15) is 0 Å². The highest BCUT2D eigenvalue weighted by Crippen LogP contribution is 2.34. The zero-order valence-electron chi connectivity index (χ0n) is 20.0. The molecule has 35 heavy (non-hydrogen) atoms. The summed E-state index contributed by atoms with van der Waals surface area (Å²) in [7, 11) is 5.08. The smallest absolute Gasteiger partial charge is 0.189 e. The van der Waals surface area contributed by atoms with E-state index in [1.54, 1.807) is 37.4 Å². The SMILES string of the molecule is COCCOCOc1cc(OC)cc(N(CCO)c2ccc3ncc(-c4cnn(C)c4)nc3c2)c1. The normalized spacial score (nSPS) is 11.1. The van der Waals surface area contributed by atoms with E-state index in [1.165, 1.54) is 0 Å². The lowest BCUT2D eigenvalue weighted by Gasteiger charge is -2.25. The summed E-state index contributed by atoms with van der Waals surface area (Å²) >= 11 is 0. The Balaban J connectivity index is 1.65. The molecule has 0 saturated carbocycles. The molecule has 0 aliphatic rings. The molecule has 2 heterocycles. The Kier molecular flexibility index (Phi) is 8.09. The number of hydrogen-bond donors (Lipinski definition) is 1. The standard InChI is InChI=1S/C25H29N5O5/c1-29-16-18(14-27-29)25-15-26-23-5-4-19(12-24(23)28-25)30(6-7-31)20-10-21(33-3)13-22(11-20)35-17-34-9-8-32-2/h4-5,10-16,31H,6-9,17H2,1-3H3.